The van der Waals surface area contributed by atoms with E-state index in [9.17, 15) is 14.6 Å². The molecular formula is C24H32FNO3. The molecule has 5 heteroatoms. The third-order valence-electron chi connectivity index (χ3n) is 5.66. The highest BCUT2D eigenvalue weighted by molar-refractivity contribution is 5.27. The Kier molecular flexibility index (Phi) is 8.04. The minimum Gasteiger partial charge on any atom is -0.491 e. The maximum absolute atomic E-state index is 13.1. The molecule has 1 fully saturated rings. The molecule has 1 aliphatic rings. The molecule has 2 aromatic rings. The summed E-state index contributed by atoms with van der Waals surface area (Å²) in [5, 5.41) is 20.9. The van der Waals surface area contributed by atoms with Crippen LogP contribution in [0.15, 0.2) is 48.5 Å². The van der Waals surface area contributed by atoms with Crippen molar-refractivity contribution in [2.75, 3.05) is 26.2 Å². The van der Waals surface area contributed by atoms with E-state index in [4.69, 9.17) is 4.74 Å². The predicted molar refractivity (Wildman–Crippen MR) is 112 cm³/mol. The summed E-state index contributed by atoms with van der Waals surface area (Å²) in [6.07, 6.45) is 2.77. The van der Waals surface area contributed by atoms with Gasteiger partial charge < -0.3 is 19.8 Å². The number of ether oxygens (including phenoxy) is 1. The van der Waals surface area contributed by atoms with E-state index in [1.165, 1.54) is 17.7 Å². The van der Waals surface area contributed by atoms with Crippen LogP contribution in [0.4, 0.5) is 4.39 Å². The minimum absolute atomic E-state index is 0.159. The van der Waals surface area contributed by atoms with Crippen LogP contribution < -0.4 is 4.74 Å². The lowest BCUT2D eigenvalue weighted by molar-refractivity contribution is 0.0278. The van der Waals surface area contributed by atoms with E-state index in [0.29, 0.717) is 6.54 Å². The Morgan fingerprint density at radius 3 is 2.31 bits per heavy atom. The summed E-state index contributed by atoms with van der Waals surface area (Å²) in [4.78, 5) is 2.21. The Morgan fingerprint density at radius 1 is 1.03 bits per heavy atom. The highest BCUT2D eigenvalue weighted by atomic mass is 19.1. The van der Waals surface area contributed by atoms with Gasteiger partial charge in [0.05, 0.1) is 6.10 Å². The second kappa shape index (κ2) is 10.7. The number of β-amino-alcohol motifs (C(OH)–C–C–N with tert-alkyl or cyclic N) is 1. The molecule has 0 spiro atoms. The molecule has 0 bridgehead atoms. The van der Waals surface area contributed by atoms with Crippen LogP contribution in [-0.4, -0.2) is 47.5 Å². The van der Waals surface area contributed by atoms with Crippen LogP contribution in [-0.2, 0) is 6.42 Å². The normalized spacial score (nSPS) is 17.8. The minimum atomic E-state index is -0.568. The van der Waals surface area contributed by atoms with Crippen molar-refractivity contribution in [1.29, 1.82) is 0 Å². The van der Waals surface area contributed by atoms with Crippen molar-refractivity contribution in [3.8, 4) is 5.75 Å². The van der Waals surface area contributed by atoms with Gasteiger partial charge in [0.2, 0.25) is 0 Å². The summed E-state index contributed by atoms with van der Waals surface area (Å²) in [6, 6.07) is 14.2. The molecular weight excluding hydrogens is 369 g/mol. The first-order chi connectivity index (χ1) is 14.0. The largest absolute Gasteiger partial charge is 0.491 e. The van der Waals surface area contributed by atoms with Gasteiger partial charge in [0.1, 0.15) is 24.3 Å². The first kappa shape index (κ1) is 21.8. The summed E-state index contributed by atoms with van der Waals surface area (Å²) in [7, 11) is 0. The van der Waals surface area contributed by atoms with Crippen LogP contribution in [0.25, 0.3) is 0 Å². The van der Waals surface area contributed by atoms with Gasteiger partial charge in [-0.15, -0.1) is 0 Å². The lowest BCUT2D eigenvalue weighted by Crippen LogP contribution is -2.41. The fraction of sp³-hybridized carbons (Fsp3) is 0.500. The van der Waals surface area contributed by atoms with Crippen LogP contribution in [0, 0.1) is 11.7 Å². The molecule has 2 aromatic carbocycles. The second-order valence-corrected chi connectivity index (χ2v) is 7.99. The van der Waals surface area contributed by atoms with Gasteiger partial charge in [-0.3, -0.25) is 0 Å². The Labute approximate surface area is 172 Å². The first-order valence-corrected chi connectivity index (χ1v) is 10.6. The molecule has 4 nitrogen and oxygen atoms in total. The van der Waals surface area contributed by atoms with Gasteiger partial charge in [0.25, 0.3) is 0 Å². The topological polar surface area (TPSA) is 52.9 Å². The van der Waals surface area contributed by atoms with Gasteiger partial charge >= 0.3 is 0 Å². The SMILES string of the molecule is CCCc1ccc(OCC(O)CN2CCC(C(O)c3ccc(F)cc3)CC2)cc1. The highest BCUT2D eigenvalue weighted by Gasteiger charge is 2.27. The van der Waals surface area contributed by atoms with Gasteiger partial charge in [-0.2, -0.15) is 0 Å². The monoisotopic (exact) mass is 401 g/mol. The van der Waals surface area contributed by atoms with Crippen molar-refractivity contribution < 1.29 is 19.3 Å². The molecule has 0 aliphatic carbocycles. The molecule has 0 saturated carbocycles. The Hall–Kier alpha value is -1.95. The summed E-state index contributed by atoms with van der Waals surface area (Å²) in [5.74, 6) is 0.653. The number of likely N-dealkylation sites (tertiary alicyclic amines) is 1. The van der Waals surface area contributed by atoms with E-state index in [2.05, 4.69) is 24.0 Å². The molecule has 0 amide bonds. The molecule has 1 heterocycles. The zero-order chi connectivity index (χ0) is 20.6. The predicted octanol–water partition coefficient (Wildman–Crippen LogP) is 3.96. The summed E-state index contributed by atoms with van der Waals surface area (Å²) in [6.45, 7) is 4.64. The summed E-state index contributed by atoms with van der Waals surface area (Å²) < 4.78 is 18.8. The second-order valence-electron chi connectivity index (χ2n) is 7.99. The number of aryl methyl sites for hydroxylation is 1. The van der Waals surface area contributed by atoms with E-state index in [0.717, 1.165) is 50.1 Å². The molecule has 2 N–H and O–H groups in total. The zero-order valence-electron chi connectivity index (χ0n) is 17.1. The van der Waals surface area contributed by atoms with E-state index in [1.54, 1.807) is 12.1 Å². The van der Waals surface area contributed by atoms with Gasteiger partial charge in [0, 0.05) is 6.54 Å². The van der Waals surface area contributed by atoms with E-state index in [1.807, 2.05) is 12.1 Å². The van der Waals surface area contributed by atoms with Crippen LogP contribution in [0.5, 0.6) is 5.75 Å². The number of nitrogens with zero attached hydrogens (tertiary/aromatic N) is 1. The number of aliphatic hydroxyl groups is 2. The van der Waals surface area contributed by atoms with E-state index < -0.39 is 12.2 Å². The average Bonchev–Trinajstić information content (AvgIpc) is 2.74. The number of benzene rings is 2. The molecule has 0 radical (unpaired) electrons. The third kappa shape index (κ3) is 6.53. The number of aliphatic hydroxyl groups excluding tert-OH is 2. The average molecular weight is 402 g/mol. The van der Waals surface area contributed by atoms with Crippen molar-refractivity contribution in [3.05, 3.63) is 65.5 Å². The van der Waals surface area contributed by atoms with Gasteiger partial charge in [0.15, 0.2) is 0 Å². The van der Waals surface area contributed by atoms with Crippen molar-refractivity contribution in [3.63, 3.8) is 0 Å². The Balaban J connectivity index is 1.39. The number of halogens is 1. The Bertz CT molecular complexity index is 727. The molecule has 3 rings (SSSR count). The number of piperidine rings is 1. The van der Waals surface area contributed by atoms with Crippen LogP contribution in [0.2, 0.25) is 0 Å². The maximum atomic E-state index is 13.1. The molecule has 1 aliphatic heterocycles. The maximum Gasteiger partial charge on any atom is 0.123 e. The molecule has 2 unspecified atom stereocenters. The third-order valence-corrected chi connectivity index (χ3v) is 5.66. The van der Waals surface area contributed by atoms with Crippen LogP contribution >= 0.6 is 0 Å². The Morgan fingerprint density at radius 2 is 1.69 bits per heavy atom. The van der Waals surface area contributed by atoms with Crippen molar-refractivity contribution in [2.24, 2.45) is 5.92 Å². The fourth-order valence-electron chi connectivity index (χ4n) is 3.97. The van der Waals surface area contributed by atoms with Crippen molar-refractivity contribution in [1.82, 2.24) is 4.90 Å². The van der Waals surface area contributed by atoms with E-state index >= 15 is 0 Å². The van der Waals surface area contributed by atoms with Gasteiger partial charge in [-0.25, -0.2) is 4.39 Å². The van der Waals surface area contributed by atoms with Gasteiger partial charge in [-0.1, -0.05) is 37.6 Å². The number of rotatable bonds is 9. The lowest BCUT2D eigenvalue weighted by atomic mass is 9.87. The molecule has 1 saturated heterocycles. The van der Waals surface area contributed by atoms with Crippen molar-refractivity contribution in [2.45, 2.75) is 44.8 Å². The van der Waals surface area contributed by atoms with Crippen molar-refractivity contribution >= 4 is 0 Å². The smallest absolute Gasteiger partial charge is 0.123 e. The lowest BCUT2D eigenvalue weighted by Gasteiger charge is -2.35. The summed E-state index contributed by atoms with van der Waals surface area (Å²) >= 11 is 0. The molecule has 29 heavy (non-hydrogen) atoms. The zero-order valence-corrected chi connectivity index (χ0v) is 17.1. The highest BCUT2D eigenvalue weighted by Crippen LogP contribution is 2.30. The standard InChI is InChI=1S/C24H32FNO3/c1-2-3-18-4-10-23(11-5-18)29-17-22(27)16-26-14-12-20(13-15-26)24(28)19-6-8-21(25)9-7-19/h4-11,20,22,24,27-28H,2-3,12-17H2,1H3. The van der Waals surface area contributed by atoms with E-state index in [-0.39, 0.29) is 18.3 Å². The number of hydrogen-bond donors (Lipinski definition) is 2. The van der Waals surface area contributed by atoms with Gasteiger partial charge in [-0.05, 0) is 73.7 Å². The molecule has 158 valence electrons. The fourth-order valence-corrected chi connectivity index (χ4v) is 3.97. The quantitative estimate of drug-likeness (QED) is 0.668. The molecule has 2 atom stereocenters. The molecule has 0 aromatic heterocycles. The van der Waals surface area contributed by atoms with Crippen LogP contribution in [0.3, 0.4) is 0 Å². The summed E-state index contributed by atoms with van der Waals surface area (Å²) in [5.41, 5.74) is 2.06. The number of hydrogen-bond acceptors (Lipinski definition) is 4. The first-order valence-electron chi connectivity index (χ1n) is 10.6. The van der Waals surface area contributed by atoms with Crippen LogP contribution in [0.1, 0.15) is 43.4 Å².